The smallest absolute Gasteiger partial charge is 0.00489 e. The summed E-state index contributed by atoms with van der Waals surface area (Å²) in [6.07, 6.45) is 7.60. The van der Waals surface area contributed by atoms with E-state index in [1.165, 1.54) is 56.2 Å². The minimum atomic E-state index is 0.309. The molecule has 0 saturated heterocycles. The van der Waals surface area contributed by atoms with Crippen LogP contribution in [0.1, 0.15) is 70.9 Å². The van der Waals surface area contributed by atoms with Gasteiger partial charge < -0.3 is 5.32 Å². The maximum Gasteiger partial charge on any atom is -0.00489 e. The molecule has 0 spiro atoms. The van der Waals surface area contributed by atoms with Crippen LogP contribution in [0.4, 0.5) is 0 Å². The van der Waals surface area contributed by atoms with Crippen molar-refractivity contribution in [2.75, 3.05) is 13.1 Å². The fourth-order valence-electron chi connectivity index (χ4n) is 2.38. The highest BCUT2D eigenvalue weighted by atomic mass is 14.8. The highest BCUT2D eigenvalue weighted by Crippen LogP contribution is 2.26. The lowest BCUT2D eigenvalue weighted by atomic mass is 9.82. The number of rotatable bonds is 10. The molecule has 1 nitrogen and oxygen atoms in total. The van der Waals surface area contributed by atoms with Gasteiger partial charge in [0, 0.05) is 0 Å². The van der Waals surface area contributed by atoms with Gasteiger partial charge in [-0.1, -0.05) is 58.4 Å². The number of unbranched alkanes of at least 4 members (excludes halogenated alkanes) is 2. The van der Waals surface area contributed by atoms with Crippen LogP contribution in [0.15, 0.2) is 24.3 Å². The Bertz CT molecular complexity index is 351. The zero-order valence-electron chi connectivity index (χ0n) is 14.0. The van der Waals surface area contributed by atoms with Crippen LogP contribution in [0.3, 0.4) is 0 Å². The summed E-state index contributed by atoms with van der Waals surface area (Å²) in [7, 11) is 0. The molecule has 1 aromatic rings. The molecule has 0 amide bonds. The fraction of sp³-hybridized carbons (Fsp3) is 0.684. The minimum absolute atomic E-state index is 0.309. The number of nitrogens with one attached hydrogen (secondary N) is 1. The Morgan fingerprint density at radius 2 is 1.60 bits per heavy atom. The van der Waals surface area contributed by atoms with Crippen molar-refractivity contribution in [3.8, 4) is 0 Å². The lowest BCUT2D eigenvalue weighted by molar-refractivity contribution is 0.506. The highest BCUT2D eigenvalue weighted by molar-refractivity contribution is 5.28. The van der Waals surface area contributed by atoms with Crippen molar-refractivity contribution in [1.29, 1.82) is 0 Å². The Morgan fingerprint density at radius 1 is 0.900 bits per heavy atom. The van der Waals surface area contributed by atoms with Crippen molar-refractivity contribution in [3.05, 3.63) is 35.4 Å². The zero-order chi connectivity index (χ0) is 14.8. The third kappa shape index (κ3) is 6.09. The van der Waals surface area contributed by atoms with E-state index in [-0.39, 0.29) is 0 Å². The van der Waals surface area contributed by atoms with Gasteiger partial charge in [0.1, 0.15) is 0 Å². The summed E-state index contributed by atoms with van der Waals surface area (Å²) in [5.41, 5.74) is 3.26. The van der Waals surface area contributed by atoms with Crippen molar-refractivity contribution in [1.82, 2.24) is 5.32 Å². The topological polar surface area (TPSA) is 12.0 Å². The monoisotopic (exact) mass is 275 g/mol. The molecule has 0 heterocycles. The van der Waals surface area contributed by atoms with Gasteiger partial charge in [-0.25, -0.2) is 0 Å². The summed E-state index contributed by atoms with van der Waals surface area (Å²) in [6, 6.07) is 9.29. The summed E-state index contributed by atoms with van der Waals surface area (Å²) in [6.45, 7) is 11.5. The molecule has 0 saturated carbocycles. The molecule has 20 heavy (non-hydrogen) atoms. The van der Waals surface area contributed by atoms with E-state index in [0.29, 0.717) is 5.41 Å². The summed E-state index contributed by atoms with van der Waals surface area (Å²) >= 11 is 0. The van der Waals surface area contributed by atoms with Crippen molar-refractivity contribution < 1.29 is 0 Å². The van der Waals surface area contributed by atoms with Crippen LogP contribution in [-0.4, -0.2) is 13.1 Å². The van der Waals surface area contributed by atoms with Gasteiger partial charge in [-0.3, -0.25) is 0 Å². The predicted octanol–water partition coefficient (Wildman–Crippen LogP) is 5.09. The van der Waals surface area contributed by atoms with E-state index in [1.807, 2.05) is 0 Å². The van der Waals surface area contributed by atoms with Crippen LogP contribution in [0.5, 0.6) is 0 Å². The van der Waals surface area contributed by atoms with Crippen molar-refractivity contribution in [2.45, 2.75) is 71.6 Å². The third-order valence-corrected chi connectivity index (χ3v) is 4.37. The Hall–Kier alpha value is -0.820. The minimum Gasteiger partial charge on any atom is -0.317 e. The molecule has 1 rings (SSSR count). The van der Waals surface area contributed by atoms with E-state index in [1.54, 1.807) is 0 Å². The van der Waals surface area contributed by atoms with Gasteiger partial charge in [0.15, 0.2) is 0 Å². The second-order valence-corrected chi connectivity index (χ2v) is 6.50. The molecule has 0 aliphatic rings. The van der Waals surface area contributed by atoms with E-state index < -0.39 is 0 Å². The van der Waals surface area contributed by atoms with Crippen LogP contribution in [-0.2, 0) is 11.8 Å². The zero-order valence-corrected chi connectivity index (χ0v) is 14.0. The summed E-state index contributed by atoms with van der Waals surface area (Å²) in [4.78, 5) is 0. The van der Waals surface area contributed by atoms with Gasteiger partial charge in [-0.2, -0.15) is 0 Å². The van der Waals surface area contributed by atoms with Gasteiger partial charge in [-0.05, 0) is 61.7 Å². The maximum absolute atomic E-state index is 3.46. The van der Waals surface area contributed by atoms with Crippen molar-refractivity contribution in [2.24, 2.45) is 0 Å². The molecule has 0 unspecified atom stereocenters. The van der Waals surface area contributed by atoms with E-state index >= 15 is 0 Å². The van der Waals surface area contributed by atoms with Gasteiger partial charge in [0.05, 0.1) is 0 Å². The molecule has 0 fully saturated rings. The molecular weight excluding hydrogens is 242 g/mol. The summed E-state index contributed by atoms with van der Waals surface area (Å²) in [5, 5.41) is 3.46. The van der Waals surface area contributed by atoms with Crippen LogP contribution < -0.4 is 5.32 Å². The second kappa shape index (κ2) is 9.18. The van der Waals surface area contributed by atoms with Crippen molar-refractivity contribution in [3.63, 3.8) is 0 Å². The van der Waals surface area contributed by atoms with Crippen LogP contribution in [0.25, 0.3) is 0 Å². The number of benzene rings is 1. The van der Waals surface area contributed by atoms with Crippen LogP contribution in [0, 0.1) is 0 Å². The first-order chi connectivity index (χ1) is 9.60. The average molecular weight is 275 g/mol. The van der Waals surface area contributed by atoms with E-state index in [9.17, 15) is 0 Å². The number of aryl methyl sites for hydroxylation is 1. The largest absolute Gasteiger partial charge is 0.317 e. The molecule has 0 aliphatic carbocycles. The summed E-state index contributed by atoms with van der Waals surface area (Å²) in [5.74, 6) is 0. The normalized spacial score (nSPS) is 11.8. The Morgan fingerprint density at radius 3 is 2.20 bits per heavy atom. The lowest BCUT2D eigenvalue weighted by Gasteiger charge is -2.23. The second-order valence-electron chi connectivity index (χ2n) is 6.50. The molecule has 1 N–H and O–H groups in total. The van der Waals surface area contributed by atoms with E-state index in [4.69, 9.17) is 0 Å². The maximum atomic E-state index is 3.46. The highest BCUT2D eigenvalue weighted by Gasteiger charge is 2.17. The van der Waals surface area contributed by atoms with Gasteiger partial charge in [0.2, 0.25) is 0 Å². The van der Waals surface area contributed by atoms with Crippen LogP contribution >= 0.6 is 0 Å². The summed E-state index contributed by atoms with van der Waals surface area (Å²) < 4.78 is 0. The Labute approximate surface area is 126 Å². The van der Waals surface area contributed by atoms with Gasteiger partial charge in [-0.15, -0.1) is 0 Å². The first-order valence-corrected chi connectivity index (χ1v) is 8.40. The van der Waals surface area contributed by atoms with Crippen LogP contribution in [0.2, 0.25) is 0 Å². The van der Waals surface area contributed by atoms with Gasteiger partial charge in [0.25, 0.3) is 0 Å². The molecule has 114 valence electrons. The fourth-order valence-corrected chi connectivity index (χ4v) is 2.38. The molecule has 0 bridgehead atoms. The average Bonchev–Trinajstić information content (AvgIpc) is 2.47. The van der Waals surface area contributed by atoms with E-state index in [0.717, 1.165) is 6.54 Å². The molecular formula is C19H33N. The van der Waals surface area contributed by atoms with Crippen molar-refractivity contribution >= 4 is 0 Å². The molecule has 1 heteroatoms. The quantitative estimate of drug-likeness (QED) is 0.587. The molecule has 0 aliphatic heterocycles. The van der Waals surface area contributed by atoms with Gasteiger partial charge >= 0.3 is 0 Å². The van der Waals surface area contributed by atoms with E-state index in [2.05, 4.69) is 57.3 Å². The molecule has 0 aromatic heterocycles. The standard InChI is InChI=1S/C19H33N/c1-5-15-20-16-9-7-8-10-17-11-13-18(14-12-17)19(3,4)6-2/h11-14,20H,5-10,15-16H2,1-4H3. The number of hydrogen-bond acceptors (Lipinski definition) is 1. The molecule has 1 aromatic carbocycles. The molecule has 0 radical (unpaired) electrons. The SMILES string of the molecule is CCCNCCCCCc1ccc(C(C)(C)CC)cc1. The Kier molecular flexibility index (Phi) is 7.91. The first-order valence-electron chi connectivity index (χ1n) is 8.40. The Balaban J connectivity index is 2.25. The predicted molar refractivity (Wildman–Crippen MR) is 90.5 cm³/mol. The number of hydrogen-bond donors (Lipinski definition) is 1. The first kappa shape index (κ1) is 17.2. The third-order valence-electron chi connectivity index (χ3n) is 4.37. The lowest BCUT2D eigenvalue weighted by Crippen LogP contribution is -2.15. The molecule has 0 atom stereocenters.